The monoisotopic (exact) mass is 263 g/mol. The van der Waals surface area contributed by atoms with Gasteiger partial charge >= 0.3 is 0 Å². The van der Waals surface area contributed by atoms with E-state index < -0.39 is 0 Å². The SMILES string of the molecule is OC1CCC(NC2CCSc3ccccc32)CC1. The van der Waals surface area contributed by atoms with Crippen LogP contribution in [-0.4, -0.2) is 23.0 Å². The molecular weight excluding hydrogens is 242 g/mol. The summed E-state index contributed by atoms with van der Waals surface area (Å²) in [4.78, 5) is 1.44. The molecule has 1 unspecified atom stereocenters. The zero-order valence-electron chi connectivity index (χ0n) is 10.6. The van der Waals surface area contributed by atoms with Crippen molar-refractivity contribution in [2.24, 2.45) is 0 Å². The van der Waals surface area contributed by atoms with Crippen LogP contribution in [0, 0.1) is 0 Å². The normalized spacial score (nSPS) is 31.9. The molecule has 18 heavy (non-hydrogen) atoms. The van der Waals surface area contributed by atoms with Crippen molar-refractivity contribution in [1.29, 1.82) is 0 Å². The van der Waals surface area contributed by atoms with Gasteiger partial charge in [0.25, 0.3) is 0 Å². The van der Waals surface area contributed by atoms with E-state index >= 15 is 0 Å². The lowest BCUT2D eigenvalue weighted by Crippen LogP contribution is -2.38. The minimum atomic E-state index is -0.0581. The highest BCUT2D eigenvalue weighted by atomic mass is 32.2. The third kappa shape index (κ3) is 2.73. The van der Waals surface area contributed by atoms with E-state index in [2.05, 4.69) is 29.6 Å². The number of nitrogens with one attached hydrogen (secondary N) is 1. The molecule has 1 heterocycles. The second-order valence-electron chi connectivity index (χ2n) is 5.40. The van der Waals surface area contributed by atoms with Gasteiger partial charge in [-0.15, -0.1) is 11.8 Å². The molecule has 0 radical (unpaired) electrons. The van der Waals surface area contributed by atoms with Crippen LogP contribution in [0.25, 0.3) is 0 Å². The van der Waals surface area contributed by atoms with Gasteiger partial charge in [-0.2, -0.15) is 0 Å². The van der Waals surface area contributed by atoms with Crippen LogP contribution >= 0.6 is 11.8 Å². The summed E-state index contributed by atoms with van der Waals surface area (Å²) in [5, 5.41) is 13.4. The third-order valence-electron chi connectivity index (χ3n) is 4.09. The summed E-state index contributed by atoms with van der Waals surface area (Å²) in [6, 6.07) is 9.88. The van der Waals surface area contributed by atoms with Crippen molar-refractivity contribution in [2.45, 2.75) is 55.2 Å². The Balaban J connectivity index is 1.67. The van der Waals surface area contributed by atoms with Gasteiger partial charge in [-0.05, 0) is 49.5 Å². The van der Waals surface area contributed by atoms with Gasteiger partial charge in [0, 0.05) is 17.0 Å². The van der Waals surface area contributed by atoms with E-state index in [0.717, 1.165) is 25.7 Å². The van der Waals surface area contributed by atoms with Crippen molar-refractivity contribution in [3.05, 3.63) is 29.8 Å². The average molecular weight is 263 g/mol. The molecule has 1 aromatic carbocycles. The highest BCUT2D eigenvalue weighted by Crippen LogP contribution is 2.36. The molecule has 1 aliphatic carbocycles. The molecule has 3 rings (SSSR count). The Morgan fingerprint density at radius 1 is 1.06 bits per heavy atom. The number of benzene rings is 1. The van der Waals surface area contributed by atoms with Crippen LogP contribution in [0.3, 0.4) is 0 Å². The molecule has 0 aromatic heterocycles. The lowest BCUT2D eigenvalue weighted by Gasteiger charge is -2.33. The Bertz CT molecular complexity index is 401. The Labute approximate surface area is 113 Å². The first-order chi connectivity index (χ1) is 8.83. The van der Waals surface area contributed by atoms with E-state index in [1.165, 1.54) is 22.6 Å². The van der Waals surface area contributed by atoms with Crippen LogP contribution in [0.2, 0.25) is 0 Å². The molecule has 2 aliphatic rings. The molecule has 0 saturated heterocycles. The molecular formula is C15H21NOS. The van der Waals surface area contributed by atoms with E-state index in [0.29, 0.717) is 12.1 Å². The van der Waals surface area contributed by atoms with Crippen LogP contribution in [0.1, 0.15) is 43.7 Å². The molecule has 0 amide bonds. The number of aliphatic hydroxyl groups is 1. The molecule has 1 saturated carbocycles. The standard InChI is InChI=1S/C15H21NOS/c17-12-7-5-11(6-8-12)16-14-9-10-18-15-4-2-1-3-13(14)15/h1-4,11-12,14,16-17H,5-10H2. The molecule has 3 heteroatoms. The summed E-state index contributed by atoms with van der Waals surface area (Å²) >= 11 is 1.97. The molecule has 2 nitrogen and oxygen atoms in total. The zero-order valence-corrected chi connectivity index (χ0v) is 11.5. The molecule has 1 aromatic rings. The van der Waals surface area contributed by atoms with Gasteiger partial charge < -0.3 is 10.4 Å². The minimum absolute atomic E-state index is 0.0581. The lowest BCUT2D eigenvalue weighted by molar-refractivity contribution is 0.114. The fourth-order valence-corrected chi connectivity index (χ4v) is 4.17. The second-order valence-corrected chi connectivity index (χ2v) is 6.54. The Morgan fingerprint density at radius 3 is 2.67 bits per heavy atom. The van der Waals surface area contributed by atoms with Crippen LogP contribution < -0.4 is 5.32 Å². The molecule has 98 valence electrons. The van der Waals surface area contributed by atoms with Crippen LogP contribution in [0.15, 0.2) is 29.2 Å². The van der Waals surface area contributed by atoms with E-state index in [4.69, 9.17) is 0 Å². The fourth-order valence-electron chi connectivity index (χ4n) is 3.04. The van der Waals surface area contributed by atoms with Gasteiger partial charge in [-0.1, -0.05) is 18.2 Å². The number of thioether (sulfide) groups is 1. The Morgan fingerprint density at radius 2 is 1.83 bits per heavy atom. The largest absolute Gasteiger partial charge is 0.393 e. The Kier molecular flexibility index (Phi) is 3.92. The number of hydrogen-bond acceptors (Lipinski definition) is 3. The second kappa shape index (κ2) is 5.64. The van der Waals surface area contributed by atoms with Crippen LogP contribution in [0.4, 0.5) is 0 Å². The summed E-state index contributed by atoms with van der Waals surface area (Å²) < 4.78 is 0. The highest BCUT2D eigenvalue weighted by Gasteiger charge is 2.25. The number of aliphatic hydroxyl groups excluding tert-OH is 1. The molecule has 1 fully saturated rings. The van der Waals surface area contributed by atoms with Crippen molar-refractivity contribution in [1.82, 2.24) is 5.32 Å². The average Bonchev–Trinajstić information content (AvgIpc) is 2.42. The van der Waals surface area contributed by atoms with Gasteiger partial charge in [0.1, 0.15) is 0 Å². The van der Waals surface area contributed by atoms with Crippen molar-refractivity contribution < 1.29 is 5.11 Å². The molecule has 1 atom stereocenters. The topological polar surface area (TPSA) is 32.3 Å². The van der Waals surface area contributed by atoms with Crippen molar-refractivity contribution in [3.8, 4) is 0 Å². The van der Waals surface area contributed by atoms with Gasteiger partial charge in [0.15, 0.2) is 0 Å². The Hall–Kier alpha value is -0.510. The smallest absolute Gasteiger partial charge is 0.0541 e. The molecule has 1 aliphatic heterocycles. The van der Waals surface area contributed by atoms with Gasteiger partial charge in [-0.3, -0.25) is 0 Å². The number of rotatable bonds is 2. The maximum absolute atomic E-state index is 9.56. The van der Waals surface area contributed by atoms with Crippen molar-refractivity contribution in [3.63, 3.8) is 0 Å². The predicted octanol–water partition coefficient (Wildman–Crippen LogP) is 3.12. The van der Waals surface area contributed by atoms with Crippen LogP contribution in [0.5, 0.6) is 0 Å². The van der Waals surface area contributed by atoms with Crippen LogP contribution in [-0.2, 0) is 0 Å². The van der Waals surface area contributed by atoms with E-state index in [-0.39, 0.29) is 6.10 Å². The van der Waals surface area contributed by atoms with E-state index in [1.807, 2.05) is 11.8 Å². The summed E-state index contributed by atoms with van der Waals surface area (Å²) in [6.45, 7) is 0. The first-order valence-electron chi connectivity index (χ1n) is 6.99. The highest BCUT2D eigenvalue weighted by molar-refractivity contribution is 7.99. The zero-order chi connectivity index (χ0) is 12.4. The van der Waals surface area contributed by atoms with E-state index in [9.17, 15) is 5.11 Å². The van der Waals surface area contributed by atoms with E-state index in [1.54, 1.807) is 0 Å². The quantitative estimate of drug-likeness (QED) is 0.860. The van der Waals surface area contributed by atoms with Gasteiger partial charge in [0.2, 0.25) is 0 Å². The minimum Gasteiger partial charge on any atom is -0.393 e. The molecule has 2 N–H and O–H groups in total. The first kappa shape index (κ1) is 12.5. The first-order valence-corrected chi connectivity index (χ1v) is 7.97. The van der Waals surface area contributed by atoms with Crippen molar-refractivity contribution in [2.75, 3.05) is 5.75 Å². The fraction of sp³-hybridized carbons (Fsp3) is 0.600. The third-order valence-corrected chi connectivity index (χ3v) is 5.21. The van der Waals surface area contributed by atoms with Crippen molar-refractivity contribution >= 4 is 11.8 Å². The summed E-state index contributed by atoms with van der Waals surface area (Å²) in [7, 11) is 0. The lowest BCUT2D eigenvalue weighted by atomic mass is 9.91. The van der Waals surface area contributed by atoms with Gasteiger partial charge in [0.05, 0.1) is 6.10 Å². The summed E-state index contributed by atoms with van der Waals surface area (Å²) in [5.74, 6) is 1.21. The molecule has 0 bridgehead atoms. The number of fused-ring (bicyclic) bond motifs is 1. The summed E-state index contributed by atoms with van der Waals surface area (Å²) in [6.07, 6.45) is 5.32. The maximum Gasteiger partial charge on any atom is 0.0541 e. The number of hydrogen-bond donors (Lipinski definition) is 2. The summed E-state index contributed by atoms with van der Waals surface area (Å²) in [5.41, 5.74) is 1.47. The maximum atomic E-state index is 9.56. The van der Waals surface area contributed by atoms with Gasteiger partial charge in [-0.25, -0.2) is 0 Å². The molecule has 0 spiro atoms. The predicted molar refractivity (Wildman–Crippen MR) is 75.9 cm³/mol.